The maximum absolute atomic E-state index is 13.2. The number of nitrogens with zero attached hydrogens (tertiary/aromatic N) is 1. The molecule has 0 fully saturated rings. The zero-order valence-corrected chi connectivity index (χ0v) is 11.4. The minimum Gasteiger partial charge on any atom is -0.491 e. The van der Waals surface area contributed by atoms with Crippen LogP contribution in [0.3, 0.4) is 0 Å². The van der Waals surface area contributed by atoms with Gasteiger partial charge in [-0.2, -0.15) is 0 Å². The number of benzene rings is 2. The molecule has 0 aromatic heterocycles. The fourth-order valence-corrected chi connectivity index (χ4v) is 2.57. The van der Waals surface area contributed by atoms with Gasteiger partial charge in [0.1, 0.15) is 12.4 Å². The van der Waals surface area contributed by atoms with Crippen LogP contribution < -0.4 is 15.4 Å². The summed E-state index contributed by atoms with van der Waals surface area (Å²) in [6.45, 7) is 1.56. The summed E-state index contributed by atoms with van der Waals surface area (Å²) in [7, 11) is 0. The van der Waals surface area contributed by atoms with Crippen molar-refractivity contribution >= 4 is 11.4 Å². The predicted molar refractivity (Wildman–Crippen MR) is 78.8 cm³/mol. The summed E-state index contributed by atoms with van der Waals surface area (Å²) in [5, 5.41) is 0. The van der Waals surface area contributed by atoms with Crippen LogP contribution in [0.15, 0.2) is 42.5 Å². The first kappa shape index (κ1) is 13.7. The van der Waals surface area contributed by atoms with Crippen molar-refractivity contribution in [1.29, 1.82) is 0 Å². The molecule has 21 heavy (non-hydrogen) atoms. The molecule has 1 heterocycles. The van der Waals surface area contributed by atoms with Crippen molar-refractivity contribution in [2.75, 3.05) is 23.8 Å². The van der Waals surface area contributed by atoms with E-state index in [1.807, 2.05) is 29.2 Å². The number of rotatable bonds is 2. The lowest BCUT2D eigenvalue weighted by Gasteiger charge is -2.25. The zero-order chi connectivity index (χ0) is 14.8. The van der Waals surface area contributed by atoms with Crippen LogP contribution in [0.2, 0.25) is 0 Å². The second-order valence-electron chi connectivity index (χ2n) is 5.00. The highest BCUT2D eigenvalue weighted by Crippen LogP contribution is 2.34. The van der Waals surface area contributed by atoms with Crippen LogP contribution in [-0.4, -0.2) is 13.2 Å². The summed E-state index contributed by atoms with van der Waals surface area (Å²) in [5.74, 6) is 0.814. The van der Waals surface area contributed by atoms with E-state index in [9.17, 15) is 8.78 Å². The van der Waals surface area contributed by atoms with Crippen molar-refractivity contribution < 1.29 is 13.5 Å². The third-order valence-electron chi connectivity index (χ3n) is 3.58. The Bertz CT molecular complexity index is 646. The van der Waals surface area contributed by atoms with Gasteiger partial charge in [0.25, 0.3) is 6.43 Å². The van der Waals surface area contributed by atoms with Gasteiger partial charge in [0.15, 0.2) is 0 Å². The maximum atomic E-state index is 13.2. The predicted octanol–water partition coefficient (Wildman–Crippen LogP) is 3.61. The number of halogens is 2. The highest BCUT2D eigenvalue weighted by Gasteiger charge is 2.21. The molecule has 0 aliphatic carbocycles. The summed E-state index contributed by atoms with van der Waals surface area (Å²) in [4.78, 5) is 1.91. The molecule has 0 unspecified atom stereocenters. The first-order valence-corrected chi connectivity index (χ1v) is 6.78. The van der Waals surface area contributed by atoms with E-state index in [0.717, 1.165) is 11.3 Å². The summed E-state index contributed by atoms with van der Waals surface area (Å²) >= 11 is 0. The van der Waals surface area contributed by atoms with Gasteiger partial charge in [-0.1, -0.05) is 18.2 Å². The van der Waals surface area contributed by atoms with E-state index in [1.165, 1.54) is 6.07 Å². The van der Waals surface area contributed by atoms with Crippen molar-refractivity contribution in [3.05, 3.63) is 53.6 Å². The van der Waals surface area contributed by atoms with Crippen LogP contribution >= 0.6 is 0 Å². The fraction of sp³-hybridized carbons (Fsp3) is 0.250. The molecular formula is C16H16F2N2O. The Morgan fingerprint density at radius 2 is 1.95 bits per heavy atom. The van der Waals surface area contributed by atoms with Gasteiger partial charge in [-0.3, -0.25) is 0 Å². The number of anilines is 2. The molecule has 5 heteroatoms. The summed E-state index contributed by atoms with van der Waals surface area (Å²) in [6.07, 6.45) is -2.55. The summed E-state index contributed by atoms with van der Waals surface area (Å²) < 4.78 is 32.2. The topological polar surface area (TPSA) is 38.5 Å². The molecule has 3 rings (SSSR count). The van der Waals surface area contributed by atoms with Crippen molar-refractivity contribution in [2.45, 2.75) is 13.0 Å². The van der Waals surface area contributed by atoms with E-state index in [0.29, 0.717) is 31.1 Å². The number of para-hydroxylation sites is 1. The third kappa shape index (κ3) is 2.77. The van der Waals surface area contributed by atoms with Gasteiger partial charge in [-0.25, -0.2) is 8.78 Å². The lowest BCUT2D eigenvalue weighted by molar-refractivity contribution is 0.152. The average Bonchev–Trinajstić information content (AvgIpc) is 2.69. The maximum Gasteiger partial charge on any atom is 0.265 e. The van der Waals surface area contributed by atoms with Crippen molar-refractivity contribution in [2.24, 2.45) is 0 Å². The van der Waals surface area contributed by atoms with E-state index < -0.39 is 6.43 Å². The van der Waals surface area contributed by atoms with Gasteiger partial charge in [0.2, 0.25) is 0 Å². The first-order chi connectivity index (χ1) is 10.1. The summed E-state index contributed by atoms with van der Waals surface area (Å²) in [6, 6.07) is 12.3. The molecule has 3 nitrogen and oxygen atoms in total. The van der Waals surface area contributed by atoms with Crippen molar-refractivity contribution in [3.8, 4) is 5.75 Å². The molecule has 0 saturated heterocycles. The Balaban J connectivity index is 1.98. The molecule has 1 aliphatic heterocycles. The molecule has 0 spiro atoms. The minimum absolute atomic E-state index is 0.0330. The number of hydrogen-bond acceptors (Lipinski definition) is 3. The molecule has 0 radical (unpaired) electrons. The van der Waals surface area contributed by atoms with Gasteiger partial charge < -0.3 is 15.4 Å². The highest BCUT2D eigenvalue weighted by atomic mass is 19.3. The number of ether oxygens (including phenoxy) is 1. The number of nitrogens with two attached hydrogens (primary N) is 1. The summed E-state index contributed by atoms with van der Waals surface area (Å²) in [5.41, 5.74) is 7.45. The minimum atomic E-state index is -2.55. The Hall–Kier alpha value is -2.30. The van der Waals surface area contributed by atoms with E-state index in [-0.39, 0.29) is 5.56 Å². The molecule has 110 valence electrons. The molecule has 1 aliphatic rings. The number of nitrogen functional groups attached to an aromatic ring is 1. The monoisotopic (exact) mass is 290 g/mol. The molecular weight excluding hydrogens is 274 g/mol. The molecule has 2 N–H and O–H groups in total. The van der Waals surface area contributed by atoms with Crippen LogP contribution in [0.25, 0.3) is 0 Å². The fourth-order valence-electron chi connectivity index (χ4n) is 2.57. The van der Waals surface area contributed by atoms with Gasteiger partial charge >= 0.3 is 0 Å². The van der Waals surface area contributed by atoms with Crippen LogP contribution in [0.4, 0.5) is 20.2 Å². The van der Waals surface area contributed by atoms with E-state index >= 15 is 0 Å². The number of alkyl halides is 2. The van der Waals surface area contributed by atoms with Crippen molar-refractivity contribution in [3.63, 3.8) is 0 Å². The Morgan fingerprint density at radius 1 is 1.14 bits per heavy atom. The van der Waals surface area contributed by atoms with Crippen LogP contribution in [0.1, 0.15) is 17.6 Å². The zero-order valence-electron chi connectivity index (χ0n) is 11.4. The molecule has 0 saturated carbocycles. The lowest BCUT2D eigenvalue weighted by atomic mass is 10.1. The smallest absolute Gasteiger partial charge is 0.265 e. The SMILES string of the molecule is Nc1ccc(N2CCOc3ccccc3C2)c(C(F)F)c1. The van der Waals surface area contributed by atoms with Crippen LogP contribution in [-0.2, 0) is 6.54 Å². The van der Waals surface area contributed by atoms with E-state index in [4.69, 9.17) is 10.5 Å². The van der Waals surface area contributed by atoms with Gasteiger partial charge in [0, 0.05) is 29.0 Å². The average molecular weight is 290 g/mol. The quantitative estimate of drug-likeness (QED) is 0.859. The molecule has 0 bridgehead atoms. The normalized spacial score (nSPS) is 14.5. The van der Waals surface area contributed by atoms with Crippen molar-refractivity contribution in [1.82, 2.24) is 0 Å². The standard InChI is InChI=1S/C16H16F2N2O/c17-16(18)13-9-12(19)5-6-14(13)20-7-8-21-15-4-2-1-3-11(15)10-20/h1-6,9,16H,7-8,10,19H2. The van der Waals surface area contributed by atoms with Gasteiger partial charge in [0.05, 0.1) is 6.54 Å². The Morgan fingerprint density at radius 3 is 2.76 bits per heavy atom. The Kier molecular flexibility index (Phi) is 3.64. The van der Waals surface area contributed by atoms with Crippen LogP contribution in [0.5, 0.6) is 5.75 Å². The molecule has 0 atom stereocenters. The van der Waals surface area contributed by atoms with Crippen LogP contribution in [0, 0.1) is 0 Å². The number of hydrogen-bond donors (Lipinski definition) is 1. The number of fused-ring (bicyclic) bond motifs is 1. The highest BCUT2D eigenvalue weighted by molar-refractivity contribution is 5.61. The first-order valence-electron chi connectivity index (χ1n) is 6.78. The van der Waals surface area contributed by atoms with Gasteiger partial charge in [-0.05, 0) is 24.3 Å². The third-order valence-corrected chi connectivity index (χ3v) is 3.58. The lowest BCUT2D eigenvalue weighted by Crippen LogP contribution is -2.26. The van der Waals surface area contributed by atoms with Gasteiger partial charge in [-0.15, -0.1) is 0 Å². The molecule has 0 amide bonds. The Labute approximate surface area is 121 Å². The molecule has 2 aromatic carbocycles. The molecule has 2 aromatic rings. The van der Waals surface area contributed by atoms with E-state index in [1.54, 1.807) is 12.1 Å². The largest absolute Gasteiger partial charge is 0.491 e. The second kappa shape index (κ2) is 5.60. The van der Waals surface area contributed by atoms with E-state index in [2.05, 4.69) is 0 Å². The second-order valence-corrected chi connectivity index (χ2v) is 5.00.